The van der Waals surface area contributed by atoms with Crippen LogP contribution in [0.2, 0.25) is 0 Å². The molecule has 2 N–H and O–H groups in total. The Morgan fingerprint density at radius 1 is 0.883 bits per heavy atom. The van der Waals surface area contributed by atoms with Crippen molar-refractivity contribution in [3.8, 4) is 0 Å². The summed E-state index contributed by atoms with van der Waals surface area (Å²) in [4.78, 5) is 75.1. The lowest BCUT2D eigenvalue weighted by Gasteiger charge is -2.41. The van der Waals surface area contributed by atoms with Gasteiger partial charge in [0.15, 0.2) is 5.78 Å². The summed E-state index contributed by atoms with van der Waals surface area (Å²) >= 11 is 0. The van der Waals surface area contributed by atoms with Crippen molar-refractivity contribution < 1.29 is 38.2 Å². The Morgan fingerprint density at radius 2 is 1.53 bits per heavy atom. The van der Waals surface area contributed by atoms with Crippen molar-refractivity contribution in [2.24, 2.45) is 29.6 Å². The fourth-order valence-electron chi connectivity index (χ4n) is 8.99. The van der Waals surface area contributed by atoms with E-state index in [0.717, 1.165) is 37.9 Å². The number of carbonyl (C=O) groups is 5. The Balaban J connectivity index is 2.27. The van der Waals surface area contributed by atoms with E-state index in [0.29, 0.717) is 19.0 Å². The number of nitrogens with one attached hydrogen (secondary N) is 2. The second kappa shape index (κ2) is 26.2. The second-order valence-corrected chi connectivity index (χ2v) is 18.0. The molecule has 0 radical (unpaired) electrons. The SMILES string of the molecule is CC[C@H](C)[C@@H]([C@@H](CC(=O)N1CCC[C@H]1[C@H](OC)[C@@H](C)C(=O)N[C@@H](Cc1ccccc1)C(=O)OC)OC)N(C)C(=O)[C@@H](CC(=O)[C@H](C(C)C)N(C)CCCNC(C)C)C(C)C. The van der Waals surface area contributed by atoms with Gasteiger partial charge in [0.25, 0.3) is 0 Å². The van der Waals surface area contributed by atoms with Crippen LogP contribution in [-0.4, -0.2) is 142 Å². The van der Waals surface area contributed by atoms with Crippen LogP contribution in [0.5, 0.6) is 0 Å². The predicted octanol–water partition coefficient (Wildman–Crippen LogP) is 5.38. The first-order valence-corrected chi connectivity index (χ1v) is 22.3. The molecule has 1 aromatic rings. The monoisotopic (exact) mass is 844 g/mol. The molecule has 0 aromatic heterocycles. The molecule has 1 fully saturated rings. The molecule has 9 atom stereocenters. The van der Waals surface area contributed by atoms with E-state index in [1.165, 1.54) is 14.2 Å². The van der Waals surface area contributed by atoms with Crippen molar-refractivity contribution in [2.45, 2.75) is 150 Å². The number of rotatable bonds is 27. The second-order valence-electron chi connectivity index (χ2n) is 18.0. The summed E-state index contributed by atoms with van der Waals surface area (Å²) < 4.78 is 17.1. The van der Waals surface area contributed by atoms with Gasteiger partial charge in [-0.05, 0) is 62.7 Å². The van der Waals surface area contributed by atoms with Crippen molar-refractivity contribution in [1.82, 2.24) is 25.3 Å². The van der Waals surface area contributed by atoms with Gasteiger partial charge in [0.1, 0.15) is 6.04 Å². The van der Waals surface area contributed by atoms with Crippen molar-refractivity contribution >= 4 is 29.5 Å². The number of esters is 1. The number of ether oxygens (including phenoxy) is 3. The molecule has 13 heteroatoms. The van der Waals surface area contributed by atoms with Crippen LogP contribution in [0, 0.1) is 29.6 Å². The number of ketones is 1. The zero-order valence-corrected chi connectivity index (χ0v) is 39.5. The molecular formula is C47H81N5O8. The summed E-state index contributed by atoms with van der Waals surface area (Å²) in [5, 5.41) is 6.32. The van der Waals surface area contributed by atoms with Gasteiger partial charge in [0.2, 0.25) is 17.7 Å². The summed E-state index contributed by atoms with van der Waals surface area (Å²) in [5.74, 6) is -2.38. The molecule has 1 heterocycles. The van der Waals surface area contributed by atoms with E-state index in [1.54, 1.807) is 30.9 Å². The van der Waals surface area contributed by atoms with E-state index in [1.807, 2.05) is 51.2 Å². The average molecular weight is 844 g/mol. The highest BCUT2D eigenvalue weighted by atomic mass is 16.5. The number of methoxy groups -OCH3 is 3. The fourth-order valence-corrected chi connectivity index (χ4v) is 8.99. The lowest BCUT2D eigenvalue weighted by molar-refractivity contribution is -0.150. The molecule has 0 aliphatic carbocycles. The summed E-state index contributed by atoms with van der Waals surface area (Å²) in [6, 6.07) is 7.79. The number of Topliss-reactive ketones (excluding diaryl/α,β-unsaturated/α-hetero) is 1. The first kappa shape index (κ1) is 52.7. The topological polar surface area (TPSA) is 147 Å². The van der Waals surface area contributed by atoms with Gasteiger partial charge >= 0.3 is 5.97 Å². The molecule has 0 spiro atoms. The van der Waals surface area contributed by atoms with Crippen LogP contribution in [-0.2, 0) is 44.6 Å². The lowest BCUT2D eigenvalue weighted by Crippen LogP contribution is -2.55. The van der Waals surface area contributed by atoms with Crippen molar-refractivity contribution in [3.63, 3.8) is 0 Å². The quantitative estimate of drug-likeness (QED) is 0.0875. The summed E-state index contributed by atoms with van der Waals surface area (Å²) in [6.45, 7) is 20.4. The average Bonchev–Trinajstić information content (AvgIpc) is 3.70. The Hall–Kier alpha value is -3.39. The molecule has 2 rings (SSSR count). The van der Waals surface area contributed by atoms with Crippen LogP contribution in [0.3, 0.4) is 0 Å². The van der Waals surface area contributed by atoms with E-state index in [4.69, 9.17) is 14.2 Å². The number of nitrogens with zero attached hydrogens (tertiary/aromatic N) is 3. The number of amides is 3. The van der Waals surface area contributed by atoms with Gasteiger partial charge in [-0.25, -0.2) is 4.79 Å². The Morgan fingerprint density at radius 3 is 2.07 bits per heavy atom. The third kappa shape index (κ3) is 15.2. The Labute approximate surface area is 362 Å². The van der Waals surface area contributed by atoms with E-state index >= 15 is 0 Å². The van der Waals surface area contributed by atoms with Gasteiger partial charge in [0, 0.05) is 52.6 Å². The first-order chi connectivity index (χ1) is 28.3. The maximum absolute atomic E-state index is 14.6. The van der Waals surface area contributed by atoms with Gasteiger partial charge in [-0.2, -0.15) is 0 Å². The summed E-state index contributed by atoms with van der Waals surface area (Å²) in [5.41, 5.74) is 0.879. The molecule has 1 saturated heterocycles. The predicted molar refractivity (Wildman–Crippen MR) is 237 cm³/mol. The highest BCUT2D eigenvalue weighted by molar-refractivity contribution is 5.90. The maximum Gasteiger partial charge on any atom is 0.328 e. The van der Waals surface area contributed by atoms with Gasteiger partial charge < -0.3 is 34.6 Å². The highest BCUT2D eigenvalue weighted by Gasteiger charge is 2.43. The zero-order valence-electron chi connectivity index (χ0n) is 39.5. The van der Waals surface area contributed by atoms with Gasteiger partial charge in [-0.1, -0.05) is 99.1 Å². The van der Waals surface area contributed by atoms with Crippen LogP contribution in [0.15, 0.2) is 30.3 Å². The van der Waals surface area contributed by atoms with E-state index < -0.39 is 42.1 Å². The first-order valence-electron chi connectivity index (χ1n) is 22.3. The number of likely N-dealkylation sites (tertiary alicyclic amines) is 1. The molecule has 3 amide bonds. The standard InChI is InChI=1S/C47H81N5O8/c1-15-33(8)43(51(11)46(56)36(30(2)3)28-39(53)42(31(4)5)50(10)25-20-24-48-32(6)7)40(58-12)29-41(54)52-26-19-23-38(52)44(59-13)34(9)45(55)49-37(47(57)60-14)27-35-21-17-16-18-22-35/h16-18,21-22,30-34,36-38,40,42-44,48H,15,19-20,23-29H2,1-14H3,(H,49,55)/t33-,34+,36-,37-,38-,40+,42-,43-,44+/m0/s1. The smallest absolute Gasteiger partial charge is 0.328 e. The van der Waals surface area contributed by atoms with Crippen LogP contribution < -0.4 is 10.6 Å². The molecule has 342 valence electrons. The van der Waals surface area contributed by atoms with E-state index in [2.05, 4.69) is 57.1 Å². The zero-order chi connectivity index (χ0) is 45.3. The van der Waals surface area contributed by atoms with Crippen molar-refractivity contribution in [2.75, 3.05) is 55.1 Å². The van der Waals surface area contributed by atoms with Gasteiger partial charge in [-0.3, -0.25) is 24.1 Å². The minimum atomic E-state index is -0.889. The number of likely N-dealkylation sites (N-methyl/N-ethyl adjacent to an activating group) is 2. The largest absolute Gasteiger partial charge is 0.467 e. The number of hydrogen-bond donors (Lipinski definition) is 2. The molecular weight excluding hydrogens is 763 g/mol. The van der Waals surface area contributed by atoms with Gasteiger partial charge in [0.05, 0.1) is 49.8 Å². The number of carbonyl (C=O) groups excluding carboxylic acids is 5. The molecule has 1 aromatic carbocycles. The number of benzene rings is 1. The van der Waals surface area contributed by atoms with Crippen LogP contribution in [0.25, 0.3) is 0 Å². The summed E-state index contributed by atoms with van der Waals surface area (Å²) in [6.07, 6.45) is 2.20. The van der Waals surface area contributed by atoms with Crippen molar-refractivity contribution in [3.05, 3.63) is 35.9 Å². The highest BCUT2D eigenvalue weighted by Crippen LogP contribution is 2.31. The minimum absolute atomic E-state index is 0.0160. The van der Waals surface area contributed by atoms with Crippen LogP contribution in [0.4, 0.5) is 0 Å². The lowest BCUT2D eigenvalue weighted by atomic mass is 9.83. The van der Waals surface area contributed by atoms with Gasteiger partial charge in [-0.15, -0.1) is 0 Å². The molecule has 60 heavy (non-hydrogen) atoms. The molecule has 0 saturated carbocycles. The molecule has 0 unspecified atom stereocenters. The third-order valence-corrected chi connectivity index (χ3v) is 12.6. The summed E-state index contributed by atoms with van der Waals surface area (Å²) in [7, 11) is 8.19. The van der Waals surface area contributed by atoms with E-state index in [9.17, 15) is 24.0 Å². The Bertz CT molecular complexity index is 1470. The molecule has 13 nitrogen and oxygen atoms in total. The molecule has 1 aliphatic heterocycles. The molecule has 1 aliphatic rings. The fraction of sp³-hybridized carbons (Fsp3) is 0.766. The normalized spacial score (nSPS) is 18.5. The maximum atomic E-state index is 14.6. The van der Waals surface area contributed by atoms with Crippen molar-refractivity contribution in [1.29, 1.82) is 0 Å². The Kier molecular flexibility index (Phi) is 23.0. The number of hydrogen-bond acceptors (Lipinski definition) is 10. The van der Waals surface area contributed by atoms with E-state index in [-0.39, 0.29) is 72.6 Å². The van der Waals surface area contributed by atoms with Crippen LogP contribution >= 0.6 is 0 Å². The minimum Gasteiger partial charge on any atom is -0.467 e. The van der Waals surface area contributed by atoms with Crippen LogP contribution in [0.1, 0.15) is 106 Å². The third-order valence-electron chi connectivity index (χ3n) is 12.6. The molecule has 0 bridgehead atoms.